The average Bonchev–Trinajstić information content (AvgIpc) is 2.51. The molecule has 1 aromatic carbocycles. The van der Waals surface area contributed by atoms with Gasteiger partial charge < -0.3 is 9.84 Å². The second kappa shape index (κ2) is 8.78. The summed E-state index contributed by atoms with van der Waals surface area (Å²) in [7, 11) is 0. The van der Waals surface area contributed by atoms with Gasteiger partial charge in [-0.2, -0.15) is 0 Å². The first-order valence-electron chi connectivity index (χ1n) is 8.77. The summed E-state index contributed by atoms with van der Waals surface area (Å²) in [4.78, 5) is 4.81. The van der Waals surface area contributed by atoms with Crippen LogP contribution in [0, 0.1) is 13.8 Å². The van der Waals surface area contributed by atoms with Crippen molar-refractivity contribution in [2.24, 2.45) is 0 Å². The molecule has 1 atom stereocenters. The SMILES string of the molecule is Cc1ccc(C)c([C@H](O)CN2CCN(CCOC(C)C)CC2)c1. The van der Waals surface area contributed by atoms with Crippen molar-refractivity contribution in [2.75, 3.05) is 45.9 Å². The van der Waals surface area contributed by atoms with E-state index in [9.17, 15) is 5.11 Å². The van der Waals surface area contributed by atoms with Gasteiger partial charge in [0.15, 0.2) is 0 Å². The van der Waals surface area contributed by atoms with Crippen molar-refractivity contribution in [3.8, 4) is 0 Å². The monoisotopic (exact) mass is 320 g/mol. The van der Waals surface area contributed by atoms with E-state index >= 15 is 0 Å². The van der Waals surface area contributed by atoms with Crippen molar-refractivity contribution < 1.29 is 9.84 Å². The topological polar surface area (TPSA) is 35.9 Å². The minimum absolute atomic E-state index is 0.309. The highest BCUT2D eigenvalue weighted by Gasteiger charge is 2.20. The second-order valence-electron chi connectivity index (χ2n) is 6.94. The molecule has 0 unspecified atom stereocenters. The summed E-state index contributed by atoms with van der Waals surface area (Å²) >= 11 is 0. The number of aryl methyl sites for hydroxylation is 2. The van der Waals surface area contributed by atoms with Crippen LogP contribution in [0.15, 0.2) is 18.2 Å². The third-order valence-corrected chi connectivity index (χ3v) is 4.55. The van der Waals surface area contributed by atoms with Gasteiger partial charge in [-0.1, -0.05) is 23.8 Å². The fraction of sp³-hybridized carbons (Fsp3) is 0.684. The number of aliphatic hydroxyl groups excluding tert-OH is 1. The van der Waals surface area contributed by atoms with Crippen molar-refractivity contribution in [1.29, 1.82) is 0 Å². The molecule has 0 saturated carbocycles. The highest BCUT2D eigenvalue weighted by atomic mass is 16.5. The number of piperazine rings is 1. The van der Waals surface area contributed by atoms with Crippen LogP contribution < -0.4 is 0 Å². The first kappa shape index (κ1) is 18.4. The highest BCUT2D eigenvalue weighted by Crippen LogP contribution is 2.20. The van der Waals surface area contributed by atoms with E-state index in [0.29, 0.717) is 6.10 Å². The van der Waals surface area contributed by atoms with Crippen LogP contribution in [-0.4, -0.2) is 66.9 Å². The lowest BCUT2D eigenvalue weighted by Gasteiger charge is -2.35. The van der Waals surface area contributed by atoms with Crippen LogP contribution in [0.25, 0.3) is 0 Å². The van der Waals surface area contributed by atoms with E-state index in [4.69, 9.17) is 4.74 Å². The Kier molecular flexibility index (Phi) is 7.03. The zero-order valence-corrected chi connectivity index (χ0v) is 15.1. The molecule has 0 amide bonds. The van der Waals surface area contributed by atoms with Gasteiger partial charge in [0.25, 0.3) is 0 Å². The number of nitrogens with zero attached hydrogens (tertiary/aromatic N) is 2. The quantitative estimate of drug-likeness (QED) is 0.837. The average molecular weight is 320 g/mol. The molecule has 1 heterocycles. The van der Waals surface area contributed by atoms with Crippen molar-refractivity contribution in [3.63, 3.8) is 0 Å². The van der Waals surface area contributed by atoms with E-state index in [2.05, 4.69) is 55.7 Å². The third-order valence-electron chi connectivity index (χ3n) is 4.55. The van der Waals surface area contributed by atoms with Crippen molar-refractivity contribution in [2.45, 2.75) is 39.9 Å². The molecule has 1 saturated heterocycles. The van der Waals surface area contributed by atoms with Crippen molar-refractivity contribution in [3.05, 3.63) is 34.9 Å². The van der Waals surface area contributed by atoms with Gasteiger partial charge in [-0.25, -0.2) is 0 Å². The van der Waals surface area contributed by atoms with Gasteiger partial charge >= 0.3 is 0 Å². The van der Waals surface area contributed by atoms with Crippen LogP contribution in [0.2, 0.25) is 0 Å². The molecule has 1 aliphatic heterocycles. The number of ether oxygens (including phenoxy) is 1. The summed E-state index contributed by atoms with van der Waals surface area (Å²) in [5.74, 6) is 0. The molecule has 0 spiro atoms. The Hall–Kier alpha value is -0.940. The second-order valence-corrected chi connectivity index (χ2v) is 6.94. The minimum Gasteiger partial charge on any atom is -0.387 e. The molecule has 0 bridgehead atoms. The minimum atomic E-state index is -0.397. The predicted molar refractivity (Wildman–Crippen MR) is 94.8 cm³/mol. The van der Waals surface area contributed by atoms with E-state index in [0.717, 1.165) is 51.4 Å². The van der Waals surface area contributed by atoms with E-state index in [1.54, 1.807) is 0 Å². The molecule has 0 radical (unpaired) electrons. The highest BCUT2D eigenvalue weighted by molar-refractivity contribution is 5.32. The van der Waals surface area contributed by atoms with Gasteiger partial charge in [0, 0.05) is 39.3 Å². The van der Waals surface area contributed by atoms with Gasteiger partial charge in [-0.3, -0.25) is 9.80 Å². The summed E-state index contributed by atoms with van der Waals surface area (Å²) in [6, 6.07) is 6.31. The Morgan fingerprint density at radius 2 is 1.74 bits per heavy atom. The van der Waals surface area contributed by atoms with Crippen LogP contribution in [0.4, 0.5) is 0 Å². The van der Waals surface area contributed by atoms with Crippen LogP contribution >= 0.6 is 0 Å². The molecule has 4 heteroatoms. The summed E-state index contributed by atoms with van der Waals surface area (Å²) in [5.41, 5.74) is 3.45. The van der Waals surface area contributed by atoms with Gasteiger partial charge in [-0.15, -0.1) is 0 Å². The zero-order valence-electron chi connectivity index (χ0n) is 15.1. The normalized spacial score (nSPS) is 18.5. The lowest BCUT2D eigenvalue weighted by molar-refractivity contribution is 0.0347. The van der Waals surface area contributed by atoms with Crippen LogP contribution in [0.3, 0.4) is 0 Å². The smallest absolute Gasteiger partial charge is 0.0919 e. The first-order chi connectivity index (χ1) is 11.0. The molecule has 1 N–H and O–H groups in total. The molecule has 1 aliphatic rings. The fourth-order valence-electron chi connectivity index (χ4n) is 3.07. The van der Waals surface area contributed by atoms with Crippen LogP contribution in [-0.2, 0) is 4.74 Å². The Morgan fingerprint density at radius 3 is 2.39 bits per heavy atom. The Bertz CT molecular complexity index is 482. The molecular weight excluding hydrogens is 288 g/mol. The van der Waals surface area contributed by atoms with Crippen molar-refractivity contribution in [1.82, 2.24) is 9.80 Å². The molecule has 1 fully saturated rings. The standard InChI is InChI=1S/C19H32N2O2/c1-15(2)23-12-11-20-7-9-21(10-8-20)14-19(22)18-13-16(3)5-6-17(18)4/h5-6,13,15,19,22H,7-12,14H2,1-4H3/t19-/m1/s1. The van der Waals surface area contributed by atoms with Crippen molar-refractivity contribution >= 4 is 0 Å². The van der Waals surface area contributed by atoms with Crippen LogP contribution in [0.5, 0.6) is 0 Å². The predicted octanol–water partition coefficient (Wildman–Crippen LogP) is 2.38. The van der Waals surface area contributed by atoms with Gasteiger partial charge in [-0.05, 0) is 38.8 Å². The van der Waals surface area contributed by atoms with E-state index < -0.39 is 6.10 Å². The van der Waals surface area contributed by atoms with Gasteiger partial charge in [0.05, 0.1) is 18.8 Å². The molecular formula is C19H32N2O2. The number of hydrogen-bond donors (Lipinski definition) is 1. The molecule has 2 rings (SSSR count). The Labute approximate surface area is 141 Å². The van der Waals surface area contributed by atoms with Gasteiger partial charge in [0.2, 0.25) is 0 Å². The Morgan fingerprint density at radius 1 is 1.09 bits per heavy atom. The van der Waals surface area contributed by atoms with Crippen LogP contribution in [0.1, 0.15) is 36.6 Å². The zero-order chi connectivity index (χ0) is 16.8. The maximum atomic E-state index is 10.6. The van der Waals surface area contributed by atoms with E-state index in [-0.39, 0.29) is 0 Å². The molecule has 0 aromatic heterocycles. The summed E-state index contributed by atoms with van der Waals surface area (Å²) in [6.07, 6.45) is -0.0882. The summed E-state index contributed by atoms with van der Waals surface area (Å²) < 4.78 is 5.62. The van der Waals surface area contributed by atoms with Gasteiger partial charge in [0.1, 0.15) is 0 Å². The fourth-order valence-corrected chi connectivity index (χ4v) is 3.07. The number of hydrogen-bond acceptors (Lipinski definition) is 4. The molecule has 1 aromatic rings. The third kappa shape index (κ3) is 5.88. The number of β-amino-alcohol motifs (C(OH)–C–C–N with tert-alkyl or cyclic N) is 1. The number of rotatable bonds is 7. The number of benzene rings is 1. The Balaban J connectivity index is 1.76. The van der Waals surface area contributed by atoms with E-state index in [1.807, 2.05) is 0 Å². The summed E-state index contributed by atoms with van der Waals surface area (Å²) in [5, 5.41) is 10.6. The lowest BCUT2D eigenvalue weighted by atomic mass is 10.0. The first-order valence-corrected chi connectivity index (χ1v) is 8.77. The molecule has 0 aliphatic carbocycles. The van der Waals surface area contributed by atoms with E-state index in [1.165, 1.54) is 11.1 Å². The largest absolute Gasteiger partial charge is 0.387 e. The molecule has 130 valence electrons. The molecule has 23 heavy (non-hydrogen) atoms. The summed E-state index contributed by atoms with van der Waals surface area (Å²) in [6.45, 7) is 15.0. The maximum absolute atomic E-state index is 10.6. The number of aliphatic hydroxyl groups is 1. The maximum Gasteiger partial charge on any atom is 0.0919 e. The lowest BCUT2D eigenvalue weighted by Crippen LogP contribution is -2.48. The molecule has 4 nitrogen and oxygen atoms in total.